The largest absolute Gasteiger partial charge is 0.327 e. The second-order valence-corrected chi connectivity index (χ2v) is 4.55. The van der Waals surface area contributed by atoms with Gasteiger partial charge in [-0.15, -0.1) is 0 Å². The lowest BCUT2D eigenvalue weighted by Crippen LogP contribution is -2.13. The molecule has 0 spiro atoms. The number of rotatable bonds is 2. The summed E-state index contributed by atoms with van der Waals surface area (Å²) in [6.45, 7) is 1.94. The monoisotopic (exact) mass is 263 g/mol. The maximum absolute atomic E-state index is 9.22. The van der Waals surface area contributed by atoms with Gasteiger partial charge in [0, 0.05) is 19.4 Å². The SMILES string of the molecule is Cc1cc2c(N(C)c3ccccc3C#N)nccn2n1. The predicted molar refractivity (Wildman–Crippen MR) is 76.9 cm³/mol. The highest BCUT2D eigenvalue weighted by molar-refractivity contribution is 5.77. The van der Waals surface area contributed by atoms with Gasteiger partial charge in [-0.3, -0.25) is 0 Å². The topological polar surface area (TPSA) is 57.2 Å². The van der Waals surface area contributed by atoms with Crippen LogP contribution >= 0.6 is 0 Å². The van der Waals surface area contributed by atoms with E-state index in [1.54, 1.807) is 16.8 Å². The fourth-order valence-corrected chi connectivity index (χ4v) is 2.26. The van der Waals surface area contributed by atoms with Gasteiger partial charge in [0.05, 0.1) is 16.9 Å². The summed E-state index contributed by atoms with van der Waals surface area (Å²) in [5, 5.41) is 13.6. The molecule has 3 aromatic rings. The van der Waals surface area contributed by atoms with Crippen LogP contribution in [-0.2, 0) is 0 Å². The fourth-order valence-electron chi connectivity index (χ4n) is 2.26. The molecule has 5 heteroatoms. The summed E-state index contributed by atoms with van der Waals surface area (Å²) >= 11 is 0. The summed E-state index contributed by atoms with van der Waals surface area (Å²) in [7, 11) is 1.90. The number of hydrogen-bond acceptors (Lipinski definition) is 4. The van der Waals surface area contributed by atoms with E-state index in [1.807, 2.05) is 49.3 Å². The third kappa shape index (κ3) is 1.88. The molecule has 0 amide bonds. The van der Waals surface area contributed by atoms with Gasteiger partial charge in [0.15, 0.2) is 5.82 Å². The number of para-hydroxylation sites is 1. The summed E-state index contributed by atoms with van der Waals surface area (Å²) in [5.41, 5.74) is 3.30. The number of fused-ring (bicyclic) bond motifs is 1. The van der Waals surface area contributed by atoms with Gasteiger partial charge in [-0.2, -0.15) is 10.4 Å². The van der Waals surface area contributed by atoms with Crippen LogP contribution in [0.1, 0.15) is 11.3 Å². The van der Waals surface area contributed by atoms with Gasteiger partial charge in [0.1, 0.15) is 11.6 Å². The Bertz CT molecular complexity index is 812. The number of benzene rings is 1. The van der Waals surface area contributed by atoms with Gasteiger partial charge in [0.25, 0.3) is 0 Å². The number of anilines is 2. The fraction of sp³-hybridized carbons (Fsp3) is 0.133. The number of aryl methyl sites for hydroxylation is 1. The Morgan fingerprint density at radius 2 is 2.10 bits per heavy atom. The molecule has 0 N–H and O–H groups in total. The molecule has 20 heavy (non-hydrogen) atoms. The quantitative estimate of drug-likeness (QED) is 0.713. The molecule has 0 bridgehead atoms. The van der Waals surface area contributed by atoms with Crippen molar-refractivity contribution in [3.63, 3.8) is 0 Å². The maximum atomic E-state index is 9.22. The molecule has 3 rings (SSSR count). The van der Waals surface area contributed by atoms with E-state index >= 15 is 0 Å². The molecule has 0 aliphatic carbocycles. The zero-order valence-electron chi connectivity index (χ0n) is 11.3. The smallest absolute Gasteiger partial charge is 0.158 e. The molecular formula is C15H13N5. The lowest BCUT2D eigenvalue weighted by atomic mass is 10.2. The number of aromatic nitrogens is 3. The molecule has 0 radical (unpaired) electrons. The van der Waals surface area contributed by atoms with Gasteiger partial charge in [0.2, 0.25) is 0 Å². The van der Waals surface area contributed by atoms with Gasteiger partial charge in [-0.25, -0.2) is 9.50 Å². The van der Waals surface area contributed by atoms with E-state index in [0.717, 1.165) is 22.7 Å². The van der Waals surface area contributed by atoms with E-state index in [2.05, 4.69) is 16.2 Å². The van der Waals surface area contributed by atoms with E-state index < -0.39 is 0 Å². The number of nitriles is 1. The van der Waals surface area contributed by atoms with E-state index in [-0.39, 0.29) is 0 Å². The number of hydrogen-bond donors (Lipinski definition) is 0. The average Bonchev–Trinajstić information content (AvgIpc) is 2.86. The highest BCUT2D eigenvalue weighted by atomic mass is 15.3. The van der Waals surface area contributed by atoms with Crippen LogP contribution in [0.5, 0.6) is 0 Å². The van der Waals surface area contributed by atoms with Gasteiger partial charge in [-0.05, 0) is 25.1 Å². The van der Waals surface area contributed by atoms with Crippen molar-refractivity contribution in [1.29, 1.82) is 5.26 Å². The maximum Gasteiger partial charge on any atom is 0.158 e. The van der Waals surface area contributed by atoms with Crippen molar-refractivity contribution in [2.75, 3.05) is 11.9 Å². The molecule has 5 nitrogen and oxygen atoms in total. The van der Waals surface area contributed by atoms with Crippen molar-refractivity contribution >= 4 is 17.0 Å². The minimum Gasteiger partial charge on any atom is -0.327 e. The van der Waals surface area contributed by atoms with Gasteiger partial charge < -0.3 is 4.90 Å². The average molecular weight is 263 g/mol. The lowest BCUT2D eigenvalue weighted by Gasteiger charge is -2.19. The molecule has 1 aromatic carbocycles. The summed E-state index contributed by atoms with van der Waals surface area (Å²) in [5.74, 6) is 0.774. The molecule has 0 saturated heterocycles. The summed E-state index contributed by atoms with van der Waals surface area (Å²) in [6.07, 6.45) is 3.52. The second-order valence-electron chi connectivity index (χ2n) is 4.55. The Morgan fingerprint density at radius 3 is 2.90 bits per heavy atom. The Balaban J connectivity index is 2.18. The van der Waals surface area contributed by atoms with Crippen LogP contribution in [0, 0.1) is 18.3 Å². The second kappa shape index (κ2) is 4.67. The van der Waals surface area contributed by atoms with Crippen LogP contribution in [0.4, 0.5) is 11.5 Å². The van der Waals surface area contributed by atoms with E-state index in [1.165, 1.54) is 0 Å². The summed E-state index contributed by atoms with van der Waals surface area (Å²) < 4.78 is 1.79. The van der Waals surface area contributed by atoms with E-state index in [0.29, 0.717) is 5.56 Å². The normalized spacial score (nSPS) is 10.4. The molecule has 0 aliphatic heterocycles. The zero-order valence-corrected chi connectivity index (χ0v) is 11.3. The molecular weight excluding hydrogens is 250 g/mol. The first kappa shape index (κ1) is 12.2. The Labute approximate surface area is 116 Å². The Kier molecular flexibility index (Phi) is 2.84. The summed E-state index contributed by atoms with van der Waals surface area (Å²) in [4.78, 5) is 6.34. The first-order valence-electron chi connectivity index (χ1n) is 6.24. The van der Waals surface area contributed by atoms with Crippen molar-refractivity contribution in [2.24, 2.45) is 0 Å². The first-order valence-corrected chi connectivity index (χ1v) is 6.24. The Morgan fingerprint density at radius 1 is 1.30 bits per heavy atom. The lowest BCUT2D eigenvalue weighted by molar-refractivity contribution is 0.917. The standard InChI is InChI=1S/C15H13N5/c1-11-9-14-15(17-7-8-20(14)18-11)19(2)13-6-4-3-5-12(13)10-16/h3-9H,1-2H3. The molecule has 0 aliphatic rings. The highest BCUT2D eigenvalue weighted by Gasteiger charge is 2.14. The predicted octanol–water partition coefficient (Wildman–Crippen LogP) is 2.68. The van der Waals surface area contributed by atoms with Crippen molar-refractivity contribution < 1.29 is 0 Å². The van der Waals surface area contributed by atoms with Crippen LogP contribution in [-0.4, -0.2) is 21.6 Å². The molecule has 98 valence electrons. The zero-order chi connectivity index (χ0) is 14.1. The van der Waals surface area contributed by atoms with Crippen molar-refractivity contribution in [1.82, 2.24) is 14.6 Å². The van der Waals surface area contributed by atoms with Crippen LogP contribution < -0.4 is 4.90 Å². The Hall–Kier alpha value is -2.87. The van der Waals surface area contributed by atoms with Crippen molar-refractivity contribution in [3.8, 4) is 6.07 Å². The molecule has 0 fully saturated rings. The van der Waals surface area contributed by atoms with Crippen LogP contribution in [0.3, 0.4) is 0 Å². The van der Waals surface area contributed by atoms with Crippen molar-refractivity contribution in [3.05, 3.63) is 54.0 Å². The van der Waals surface area contributed by atoms with Crippen LogP contribution in [0.25, 0.3) is 5.52 Å². The minimum atomic E-state index is 0.620. The molecule has 2 heterocycles. The molecule has 0 atom stereocenters. The van der Waals surface area contributed by atoms with Crippen molar-refractivity contribution in [2.45, 2.75) is 6.92 Å². The molecule has 0 unspecified atom stereocenters. The van der Waals surface area contributed by atoms with Crippen LogP contribution in [0.15, 0.2) is 42.7 Å². The van der Waals surface area contributed by atoms with Gasteiger partial charge >= 0.3 is 0 Å². The van der Waals surface area contributed by atoms with Crippen LogP contribution in [0.2, 0.25) is 0 Å². The molecule has 2 aromatic heterocycles. The third-order valence-corrected chi connectivity index (χ3v) is 3.20. The minimum absolute atomic E-state index is 0.620. The summed E-state index contributed by atoms with van der Waals surface area (Å²) in [6, 6.07) is 11.7. The molecule has 0 saturated carbocycles. The number of nitrogens with zero attached hydrogens (tertiary/aromatic N) is 5. The van der Waals surface area contributed by atoms with Gasteiger partial charge in [-0.1, -0.05) is 12.1 Å². The van der Waals surface area contributed by atoms with E-state index in [9.17, 15) is 5.26 Å². The first-order chi connectivity index (χ1) is 9.70. The highest BCUT2D eigenvalue weighted by Crippen LogP contribution is 2.28. The third-order valence-electron chi connectivity index (χ3n) is 3.20. The van der Waals surface area contributed by atoms with E-state index in [4.69, 9.17) is 0 Å².